The Labute approximate surface area is 162 Å². The van der Waals surface area contributed by atoms with Gasteiger partial charge in [-0.05, 0) is 55.5 Å². The fourth-order valence-corrected chi connectivity index (χ4v) is 3.28. The molecule has 1 heterocycles. The van der Waals surface area contributed by atoms with Crippen molar-refractivity contribution in [3.8, 4) is 11.4 Å². The van der Waals surface area contributed by atoms with Crippen LogP contribution in [0.2, 0.25) is 0 Å². The number of nitrogens with zero attached hydrogens (tertiary/aromatic N) is 2. The van der Waals surface area contributed by atoms with Gasteiger partial charge in [0.05, 0.1) is 16.9 Å². The number of anilines is 1. The Balaban J connectivity index is 2.02. The molecule has 28 heavy (non-hydrogen) atoms. The molecule has 0 aliphatic carbocycles. The first-order valence-corrected chi connectivity index (χ1v) is 8.89. The first kappa shape index (κ1) is 17.5. The number of nitrogens with two attached hydrogens (primary N) is 1. The maximum Gasteiger partial charge on any atom is 0.268 e. The number of pyridine rings is 1. The van der Waals surface area contributed by atoms with Crippen LogP contribution in [0.25, 0.3) is 16.6 Å². The summed E-state index contributed by atoms with van der Waals surface area (Å²) in [4.78, 5) is 17.9. The van der Waals surface area contributed by atoms with Crippen molar-refractivity contribution in [2.75, 3.05) is 5.73 Å². The topological polar surface area (TPSA) is 80.6 Å². The maximum absolute atomic E-state index is 13.4. The molecule has 138 valence electrons. The molecule has 0 amide bonds. The van der Waals surface area contributed by atoms with Crippen LogP contribution in [0.4, 0.5) is 11.4 Å². The van der Waals surface area contributed by atoms with E-state index in [0.717, 1.165) is 5.69 Å². The van der Waals surface area contributed by atoms with Gasteiger partial charge in [0.2, 0.25) is 0 Å². The van der Waals surface area contributed by atoms with Gasteiger partial charge in [-0.3, -0.25) is 14.4 Å². The van der Waals surface area contributed by atoms with Crippen molar-refractivity contribution >= 4 is 28.0 Å². The van der Waals surface area contributed by atoms with Crippen LogP contribution in [0.1, 0.15) is 12.5 Å². The molecule has 3 N–H and O–H groups in total. The van der Waals surface area contributed by atoms with Crippen molar-refractivity contribution in [3.63, 3.8) is 0 Å². The Kier molecular flexibility index (Phi) is 4.41. The summed E-state index contributed by atoms with van der Waals surface area (Å²) in [6.07, 6.45) is 0. The molecule has 0 radical (unpaired) electrons. The van der Waals surface area contributed by atoms with Gasteiger partial charge in [-0.2, -0.15) is 0 Å². The van der Waals surface area contributed by atoms with Gasteiger partial charge in [0.25, 0.3) is 5.56 Å². The van der Waals surface area contributed by atoms with Crippen molar-refractivity contribution in [3.05, 3.63) is 94.8 Å². The molecule has 0 bridgehead atoms. The molecular weight excluding hydrogens is 350 g/mol. The smallest absolute Gasteiger partial charge is 0.268 e. The van der Waals surface area contributed by atoms with E-state index in [1.54, 1.807) is 41.8 Å². The van der Waals surface area contributed by atoms with E-state index in [-0.39, 0.29) is 16.9 Å². The van der Waals surface area contributed by atoms with Gasteiger partial charge in [0, 0.05) is 16.8 Å². The zero-order valence-electron chi connectivity index (χ0n) is 15.3. The highest BCUT2D eigenvalue weighted by Gasteiger charge is 2.19. The molecule has 0 aliphatic heterocycles. The van der Waals surface area contributed by atoms with Crippen LogP contribution >= 0.6 is 0 Å². The van der Waals surface area contributed by atoms with E-state index >= 15 is 0 Å². The molecule has 0 aliphatic rings. The summed E-state index contributed by atoms with van der Waals surface area (Å²) in [5, 5.41) is 11.5. The fourth-order valence-electron chi connectivity index (χ4n) is 3.28. The van der Waals surface area contributed by atoms with Crippen LogP contribution in [-0.4, -0.2) is 15.4 Å². The van der Waals surface area contributed by atoms with E-state index in [1.165, 1.54) is 0 Å². The number of benzene rings is 3. The van der Waals surface area contributed by atoms with Crippen molar-refractivity contribution < 1.29 is 5.11 Å². The van der Waals surface area contributed by atoms with Crippen molar-refractivity contribution in [2.45, 2.75) is 6.92 Å². The Morgan fingerprint density at radius 1 is 0.929 bits per heavy atom. The largest absolute Gasteiger partial charge is 0.506 e. The summed E-state index contributed by atoms with van der Waals surface area (Å²) in [5.41, 5.74) is 8.67. The highest BCUT2D eigenvalue weighted by atomic mass is 16.3. The second kappa shape index (κ2) is 7.04. The summed E-state index contributed by atoms with van der Waals surface area (Å²) >= 11 is 0. The van der Waals surface area contributed by atoms with Gasteiger partial charge >= 0.3 is 0 Å². The first-order chi connectivity index (χ1) is 13.6. The average molecular weight is 369 g/mol. The Morgan fingerprint density at radius 3 is 2.29 bits per heavy atom. The van der Waals surface area contributed by atoms with E-state index in [9.17, 15) is 9.90 Å². The second-order valence-electron chi connectivity index (χ2n) is 6.51. The highest BCUT2D eigenvalue weighted by Crippen LogP contribution is 2.29. The monoisotopic (exact) mass is 369 g/mol. The number of aliphatic imine (C=N–C) groups is 1. The fraction of sp³-hybridized carbons (Fsp3) is 0.0435. The molecule has 0 spiro atoms. The van der Waals surface area contributed by atoms with E-state index < -0.39 is 0 Å². The molecule has 0 saturated heterocycles. The number of rotatable bonds is 3. The van der Waals surface area contributed by atoms with Gasteiger partial charge in [-0.1, -0.05) is 30.3 Å². The number of nitrogen functional groups attached to an aromatic ring is 1. The minimum Gasteiger partial charge on any atom is -0.506 e. The molecule has 0 saturated carbocycles. The molecule has 4 rings (SSSR count). The quantitative estimate of drug-likeness (QED) is 0.414. The maximum atomic E-state index is 13.4. The zero-order valence-corrected chi connectivity index (χ0v) is 15.3. The van der Waals surface area contributed by atoms with Crippen LogP contribution < -0.4 is 11.3 Å². The third-order valence-electron chi connectivity index (χ3n) is 4.62. The molecule has 4 aromatic rings. The second-order valence-corrected chi connectivity index (χ2v) is 6.51. The third kappa shape index (κ3) is 3.03. The normalized spacial score (nSPS) is 11.7. The number of fused-ring (bicyclic) bond motifs is 1. The summed E-state index contributed by atoms with van der Waals surface area (Å²) in [5.74, 6) is -0.0653. The number of para-hydroxylation sites is 2. The molecular formula is C23H19N3O2. The van der Waals surface area contributed by atoms with Crippen molar-refractivity contribution in [1.82, 2.24) is 4.57 Å². The molecule has 0 atom stereocenters. The van der Waals surface area contributed by atoms with Crippen LogP contribution in [-0.2, 0) is 0 Å². The van der Waals surface area contributed by atoms with Crippen molar-refractivity contribution in [2.24, 2.45) is 4.99 Å². The number of hydrogen-bond donors (Lipinski definition) is 2. The summed E-state index contributed by atoms with van der Waals surface area (Å²) in [7, 11) is 0. The van der Waals surface area contributed by atoms with Crippen molar-refractivity contribution in [1.29, 1.82) is 0 Å². The van der Waals surface area contributed by atoms with E-state index in [0.29, 0.717) is 28.0 Å². The molecule has 5 heteroatoms. The first-order valence-electron chi connectivity index (χ1n) is 8.89. The number of aromatic hydroxyl groups is 1. The molecule has 0 unspecified atom stereocenters. The summed E-state index contributed by atoms with van der Waals surface area (Å²) in [6, 6.07) is 23.7. The van der Waals surface area contributed by atoms with Crippen LogP contribution in [0.3, 0.4) is 0 Å². The van der Waals surface area contributed by atoms with E-state index in [2.05, 4.69) is 4.99 Å². The summed E-state index contributed by atoms with van der Waals surface area (Å²) < 4.78 is 1.60. The van der Waals surface area contributed by atoms with Crippen LogP contribution in [0.15, 0.2) is 88.6 Å². The lowest BCUT2D eigenvalue weighted by molar-refractivity contribution is 0.478. The Bertz CT molecular complexity index is 1240. The van der Waals surface area contributed by atoms with Gasteiger partial charge in [0.15, 0.2) is 0 Å². The van der Waals surface area contributed by atoms with Crippen LogP contribution in [0, 0.1) is 0 Å². The lowest BCUT2D eigenvalue weighted by atomic mass is 10.1. The predicted octanol–water partition coefficient (Wildman–Crippen LogP) is 4.42. The summed E-state index contributed by atoms with van der Waals surface area (Å²) in [6.45, 7) is 1.72. The third-order valence-corrected chi connectivity index (χ3v) is 4.62. The lowest BCUT2D eigenvalue weighted by Crippen LogP contribution is -2.25. The minimum absolute atomic E-state index is 0.0653. The van der Waals surface area contributed by atoms with Gasteiger partial charge in [-0.25, -0.2) is 0 Å². The molecule has 3 aromatic carbocycles. The average Bonchev–Trinajstić information content (AvgIpc) is 2.71. The predicted molar refractivity (Wildman–Crippen MR) is 114 cm³/mol. The zero-order chi connectivity index (χ0) is 19.7. The standard InChI is InChI=1S/C23H19N3O2/c1-15(25-17-13-11-16(24)12-14-17)21-22(27)19-9-5-6-10-20(19)26(23(21)28)18-7-3-2-4-8-18/h2-14,27H,24H2,1H3. The minimum atomic E-state index is -0.320. The lowest BCUT2D eigenvalue weighted by Gasteiger charge is -2.15. The van der Waals surface area contributed by atoms with Gasteiger partial charge in [0.1, 0.15) is 11.3 Å². The Hall–Kier alpha value is -3.86. The molecule has 0 fully saturated rings. The number of aromatic nitrogens is 1. The molecule has 1 aromatic heterocycles. The van der Waals surface area contributed by atoms with Gasteiger partial charge < -0.3 is 10.8 Å². The number of hydrogen-bond acceptors (Lipinski definition) is 4. The SMILES string of the molecule is CC(=Nc1ccc(N)cc1)c1c(O)c2ccccc2n(-c2ccccc2)c1=O. The van der Waals surface area contributed by atoms with Crippen LogP contribution in [0.5, 0.6) is 5.75 Å². The van der Waals surface area contributed by atoms with E-state index in [1.807, 2.05) is 48.5 Å². The van der Waals surface area contributed by atoms with Gasteiger partial charge in [-0.15, -0.1) is 0 Å². The highest BCUT2D eigenvalue weighted by molar-refractivity contribution is 6.06. The Morgan fingerprint density at radius 2 is 1.57 bits per heavy atom. The molecule has 5 nitrogen and oxygen atoms in total. The van der Waals surface area contributed by atoms with E-state index in [4.69, 9.17) is 5.73 Å².